The fourth-order valence-corrected chi connectivity index (χ4v) is 5.64. The summed E-state index contributed by atoms with van der Waals surface area (Å²) in [5.74, 6) is 2.81. The van der Waals surface area contributed by atoms with Gasteiger partial charge in [-0.25, -0.2) is 4.98 Å². The Morgan fingerprint density at radius 2 is 2.13 bits per heavy atom. The van der Waals surface area contributed by atoms with Gasteiger partial charge in [-0.3, -0.25) is 14.6 Å². The number of morpholine rings is 1. The third-order valence-corrected chi connectivity index (χ3v) is 7.35. The normalized spacial score (nSPS) is 24.4. The van der Waals surface area contributed by atoms with Crippen LogP contribution < -0.4 is 10.5 Å². The van der Waals surface area contributed by atoms with Crippen LogP contribution in [0.3, 0.4) is 0 Å². The van der Waals surface area contributed by atoms with Gasteiger partial charge in [0.25, 0.3) is 5.56 Å². The van der Waals surface area contributed by atoms with E-state index in [1.54, 1.807) is 0 Å². The summed E-state index contributed by atoms with van der Waals surface area (Å²) in [7, 11) is 0. The van der Waals surface area contributed by atoms with Crippen LogP contribution in [0.1, 0.15) is 36.9 Å². The van der Waals surface area contributed by atoms with Crippen LogP contribution in [0.15, 0.2) is 4.79 Å². The van der Waals surface area contributed by atoms with Gasteiger partial charge in [-0.15, -0.1) is 0 Å². The van der Waals surface area contributed by atoms with Gasteiger partial charge in [-0.1, -0.05) is 0 Å². The molecule has 1 aromatic heterocycles. The minimum atomic E-state index is -0.140. The van der Waals surface area contributed by atoms with Gasteiger partial charge in [-0.2, -0.15) is 11.8 Å². The van der Waals surface area contributed by atoms with Gasteiger partial charge in [0.1, 0.15) is 0 Å². The molecule has 0 radical (unpaired) electrons. The predicted octanol–water partition coefficient (Wildman–Crippen LogP) is 1.36. The Morgan fingerprint density at radius 3 is 2.80 bits per heavy atom. The topological polar surface area (TPSA) is 87.8 Å². The highest BCUT2D eigenvalue weighted by Gasteiger charge is 2.30. The van der Waals surface area contributed by atoms with Crippen molar-refractivity contribution in [2.45, 2.75) is 51.2 Å². The number of carbonyl (C=O) groups excluding carboxylic acids is 1. The van der Waals surface area contributed by atoms with Crippen LogP contribution in [-0.4, -0.2) is 83.9 Å². The summed E-state index contributed by atoms with van der Waals surface area (Å²) in [5, 5.41) is 0. The number of thioether (sulfide) groups is 1. The molecule has 3 aliphatic rings. The Bertz CT molecular complexity index is 784. The number of ether oxygens (including phenoxy) is 2. The molecular formula is C21H32N4O4S. The zero-order valence-electron chi connectivity index (χ0n) is 17.7. The zero-order chi connectivity index (χ0) is 20.9. The number of nitrogens with zero attached hydrogens (tertiary/aromatic N) is 3. The second-order valence-corrected chi connectivity index (χ2v) is 9.40. The molecule has 0 aromatic carbocycles. The fraction of sp³-hybridized carbons (Fsp3) is 0.762. The molecule has 3 fully saturated rings. The van der Waals surface area contributed by atoms with Crippen molar-refractivity contribution in [2.75, 3.05) is 55.9 Å². The first-order valence-electron chi connectivity index (χ1n) is 11.0. The molecule has 4 heterocycles. The number of aryl methyl sites for hydroxylation is 1. The highest BCUT2D eigenvalue weighted by molar-refractivity contribution is 7.99. The van der Waals surface area contributed by atoms with Gasteiger partial charge in [0.2, 0.25) is 11.9 Å². The Labute approximate surface area is 181 Å². The second-order valence-electron chi connectivity index (χ2n) is 8.25. The smallest absolute Gasteiger partial charge is 0.255 e. The number of hydrogen-bond donors (Lipinski definition) is 1. The van der Waals surface area contributed by atoms with Crippen LogP contribution in [0.5, 0.6) is 0 Å². The van der Waals surface area contributed by atoms with E-state index in [4.69, 9.17) is 9.47 Å². The highest BCUT2D eigenvalue weighted by atomic mass is 32.2. The van der Waals surface area contributed by atoms with Crippen molar-refractivity contribution in [2.24, 2.45) is 0 Å². The molecule has 3 aliphatic heterocycles. The molecule has 0 aliphatic carbocycles. The maximum absolute atomic E-state index is 13.1. The molecule has 0 spiro atoms. The van der Waals surface area contributed by atoms with Crippen LogP contribution in [0.25, 0.3) is 0 Å². The first kappa shape index (κ1) is 21.6. The van der Waals surface area contributed by atoms with Gasteiger partial charge >= 0.3 is 0 Å². The third-order valence-electron chi connectivity index (χ3n) is 6.20. The van der Waals surface area contributed by atoms with Crippen molar-refractivity contribution in [1.82, 2.24) is 14.9 Å². The number of aromatic nitrogens is 2. The molecule has 0 bridgehead atoms. The van der Waals surface area contributed by atoms with Crippen LogP contribution in [0, 0.1) is 6.92 Å². The molecule has 9 heteroatoms. The molecule has 30 heavy (non-hydrogen) atoms. The number of amides is 1. The van der Waals surface area contributed by atoms with Crippen LogP contribution in [-0.2, 0) is 20.7 Å². The lowest BCUT2D eigenvalue weighted by atomic mass is 10.1. The molecule has 1 N–H and O–H groups in total. The summed E-state index contributed by atoms with van der Waals surface area (Å²) >= 11 is 1.91. The lowest BCUT2D eigenvalue weighted by Gasteiger charge is -2.31. The Morgan fingerprint density at radius 1 is 1.30 bits per heavy atom. The largest absolute Gasteiger partial charge is 0.378 e. The van der Waals surface area contributed by atoms with Crippen LogP contribution in [0.2, 0.25) is 0 Å². The molecule has 0 saturated carbocycles. The SMILES string of the molecule is Cc1nc(N2CCOCC2)[nH]c(=O)c1CCC(=O)N(CC1CCCO1)C1CCSC1. The monoisotopic (exact) mass is 436 g/mol. The van der Waals surface area contributed by atoms with Crippen molar-refractivity contribution < 1.29 is 14.3 Å². The van der Waals surface area contributed by atoms with Crippen molar-refractivity contribution in [1.29, 1.82) is 0 Å². The number of nitrogens with one attached hydrogen (secondary N) is 1. The summed E-state index contributed by atoms with van der Waals surface area (Å²) in [6, 6.07) is 0.285. The maximum atomic E-state index is 13.1. The van der Waals surface area contributed by atoms with Crippen LogP contribution >= 0.6 is 11.8 Å². The average molecular weight is 437 g/mol. The van der Waals surface area contributed by atoms with E-state index in [2.05, 4.69) is 9.97 Å². The van der Waals surface area contributed by atoms with Crippen molar-refractivity contribution in [3.63, 3.8) is 0 Å². The number of carbonyl (C=O) groups is 1. The molecule has 1 amide bonds. The third kappa shape index (κ3) is 5.18. The van der Waals surface area contributed by atoms with E-state index in [-0.39, 0.29) is 23.6 Å². The van der Waals surface area contributed by atoms with Crippen molar-refractivity contribution >= 4 is 23.6 Å². The molecular weight excluding hydrogens is 404 g/mol. The molecule has 2 atom stereocenters. The summed E-state index contributed by atoms with van der Waals surface area (Å²) in [6.07, 6.45) is 4.03. The van der Waals surface area contributed by atoms with Gasteiger partial charge in [0.05, 0.1) is 19.3 Å². The quantitative estimate of drug-likeness (QED) is 0.690. The lowest BCUT2D eigenvalue weighted by molar-refractivity contribution is -0.134. The van der Waals surface area contributed by atoms with Gasteiger partial charge in [-0.05, 0) is 38.4 Å². The molecule has 1 aromatic rings. The first-order chi connectivity index (χ1) is 14.6. The van der Waals surface area contributed by atoms with E-state index in [0.29, 0.717) is 49.8 Å². The number of H-pyrrole nitrogens is 1. The fourth-order valence-electron chi connectivity index (χ4n) is 4.42. The van der Waals surface area contributed by atoms with Crippen molar-refractivity contribution in [3.05, 3.63) is 21.6 Å². The Kier molecular flexibility index (Phi) is 7.32. The maximum Gasteiger partial charge on any atom is 0.255 e. The predicted molar refractivity (Wildman–Crippen MR) is 117 cm³/mol. The van der Waals surface area contributed by atoms with Gasteiger partial charge in [0.15, 0.2) is 0 Å². The lowest BCUT2D eigenvalue weighted by Crippen LogP contribution is -2.45. The van der Waals surface area contributed by atoms with Crippen molar-refractivity contribution in [3.8, 4) is 0 Å². The summed E-state index contributed by atoms with van der Waals surface area (Å²) < 4.78 is 11.2. The number of aromatic amines is 1. The molecule has 3 saturated heterocycles. The number of hydrogen-bond acceptors (Lipinski definition) is 7. The van der Waals surface area contributed by atoms with E-state index in [1.807, 2.05) is 28.5 Å². The Hall–Kier alpha value is -1.58. The number of anilines is 1. The standard InChI is InChI=1S/C21H32N4O4S/c1-15-18(20(27)23-21(22-15)24-7-10-28-11-8-24)4-5-19(26)25(16-6-12-30-14-16)13-17-3-2-9-29-17/h16-17H,2-14H2,1H3,(H,22,23,27). The van der Waals surface area contributed by atoms with E-state index >= 15 is 0 Å². The average Bonchev–Trinajstić information content (AvgIpc) is 3.46. The second kappa shape index (κ2) is 10.2. The minimum absolute atomic E-state index is 0.119. The highest BCUT2D eigenvalue weighted by Crippen LogP contribution is 2.25. The van der Waals surface area contributed by atoms with Gasteiger partial charge in [0, 0.05) is 55.7 Å². The summed E-state index contributed by atoms with van der Waals surface area (Å²) in [5.41, 5.74) is 1.17. The molecule has 4 rings (SSSR count). The van der Waals surface area contributed by atoms with E-state index in [9.17, 15) is 9.59 Å². The van der Waals surface area contributed by atoms with E-state index in [0.717, 1.165) is 50.5 Å². The van der Waals surface area contributed by atoms with Crippen LogP contribution in [0.4, 0.5) is 5.95 Å². The number of rotatable bonds is 7. The molecule has 8 nitrogen and oxygen atoms in total. The van der Waals surface area contributed by atoms with E-state index in [1.165, 1.54) is 0 Å². The summed E-state index contributed by atoms with van der Waals surface area (Å²) in [4.78, 5) is 37.4. The summed E-state index contributed by atoms with van der Waals surface area (Å²) in [6.45, 7) is 6.04. The zero-order valence-corrected chi connectivity index (χ0v) is 18.5. The van der Waals surface area contributed by atoms with E-state index < -0.39 is 0 Å². The molecule has 2 unspecified atom stereocenters. The Balaban J connectivity index is 1.41. The minimum Gasteiger partial charge on any atom is -0.378 e. The van der Waals surface area contributed by atoms with Gasteiger partial charge < -0.3 is 19.3 Å². The first-order valence-corrected chi connectivity index (χ1v) is 12.2. The molecule has 166 valence electrons.